The van der Waals surface area contributed by atoms with E-state index in [1.165, 1.54) is 11.9 Å². The van der Waals surface area contributed by atoms with Gasteiger partial charge >= 0.3 is 142 Å². The van der Waals surface area contributed by atoms with Crippen LogP contribution < -0.4 is 11.1 Å². The average molecular weight is 372 g/mol. The first-order chi connectivity index (χ1) is 11.0. The zero-order chi connectivity index (χ0) is 16.6. The van der Waals surface area contributed by atoms with Gasteiger partial charge in [-0.25, -0.2) is 0 Å². The second-order valence-electron chi connectivity index (χ2n) is 5.33. The van der Waals surface area contributed by atoms with E-state index in [1.54, 1.807) is 7.05 Å². The number of nitrogens with one attached hydrogen (secondary N) is 2. The quantitative estimate of drug-likeness (QED) is 0.482. The Morgan fingerprint density at radius 1 is 1.30 bits per heavy atom. The van der Waals surface area contributed by atoms with Crippen LogP contribution in [0.15, 0.2) is 30.6 Å². The summed E-state index contributed by atoms with van der Waals surface area (Å²) in [6, 6.07) is 8.29. The Hall–Kier alpha value is -2.37. The van der Waals surface area contributed by atoms with Gasteiger partial charge in [0.15, 0.2) is 0 Å². The molecule has 6 nitrogen and oxygen atoms in total. The molecule has 0 spiro atoms. The summed E-state index contributed by atoms with van der Waals surface area (Å²) >= 11 is 2.73. The minimum absolute atomic E-state index is 0.279. The van der Waals surface area contributed by atoms with Gasteiger partial charge in [0.25, 0.3) is 0 Å². The van der Waals surface area contributed by atoms with E-state index in [9.17, 15) is 0 Å². The van der Waals surface area contributed by atoms with Crippen LogP contribution in [-0.4, -0.2) is 42.2 Å². The van der Waals surface area contributed by atoms with E-state index in [4.69, 9.17) is 11.1 Å². The Morgan fingerprint density at radius 3 is 2.61 bits per heavy atom. The van der Waals surface area contributed by atoms with Gasteiger partial charge in [-0.05, 0) is 0 Å². The second-order valence-corrected chi connectivity index (χ2v) is 6.19. The van der Waals surface area contributed by atoms with Gasteiger partial charge < -0.3 is 0 Å². The first-order valence-electron chi connectivity index (χ1n) is 7.14. The number of nitrogens with two attached hydrogens (primary N) is 1. The summed E-state index contributed by atoms with van der Waals surface area (Å²) in [5.41, 5.74) is 10.0. The van der Waals surface area contributed by atoms with Gasteiger partial charge in [-0.1, -0.05) is 0 Å². The van der Waals surface area contributed by atoms with Gasteiger partial charge in [-0.3, -0.25) is 0 Å². The Kier molecular flexibility index (Phi) is 4.07. The topological polar surface area (TPSA) is 92.6 Å². The van der Waals surface area contributed by atoms with E-state index in [0.29, 0.717) is 23.7 Å². The first kappa shape index (κ1) is 15.5. The molecule has 3 rings (SSSR count). The number of benzene rings is 1. The van der Waals surface area contributed by atoms with Crippen LogP contribution in [0.3, 0.4) is 0 Å². The summed E-state index contributed by atoms with van der Waals surface area (Å²) in [5.74, 6) is 1.18. The van der Waals surface area contributed by atoms with Crippen LogP contribution in [0.4, 0.5) is 11.6 Å². The molecular formula is C16H17N6Se. The molecule has 0 saturated carbocycles. The minimum atomic E-state index is 0.279. The summed E-state index contributed by atoms with van der Waals surface area (Å²) in [6.45, 7) is 2.65. The molecule has 0 fully saturated rings. The molecule has 23 heavy (non-hydrogen) atoms. The van der Waals surface area contributed by atoms with E-state index in [-0.39, 0.29) is 4.61 Å². The predicted molar refractivity (Wildman–Crippen MR) is 94.4 cm³/mol. The summed E-state index contributed by atoms with van der Waals surface area (Å²) in [6.07, 6.45) is 1.51. The first-order valence-corrected chi connectivity index (χ1v) is 8.00. The Morgan fingerprint density at radius 2 is 2.00 bits per heavy atom. The van der Waals surface area contributed by atoms with Crippen LogP contribution in [0.25, 0.3) is 11.0 Å². The van der Waals surface area contributed by atoms with E-state index in [2.05, 4.69) is 62.5 Å². The third-order valence-corrected chi connectivity index (χ3v) is 4.23. The molecule has 2 heterocycles. The third kappa shape index (κ3) is 2.69. The maximum absolute atomic E-state index is 8.02. The number of hydrogen-bond donors (Lipinski definition) is 3. The van der Waals surface area contributed by atoms with E-state index in [0.717, 1.165) is 16.6 Å². The Balaban J connectivity index is 2.22. The number of anilines is 2. The van der Waals surface area contributed by atoms with E-state index < -0.39 is 0 Å². The fourth-order valence-corrected chi connectivity index (χ4v) is 3.08. The number of nitrogens with zero attached hydrogens (tertiary/aromatic N) is 3. The van der Waals surface area contributed by atoms with Gasteiger partial charge in [0, 0.05) is 0 Å². The summed E-state index contributed by atoms with van der Waals surface area (Å²) < 4.78 is 2.20. The van der Waals surface area contributed by atoms with Crippen molar-refractivity contribution in [2.45, 2.75) is 13.5 Å². The van der Waals surface area contributed by atoms with Crippen molar-refractivity contribution in [2.24, 2.45) is 0 Å². The van der Waals surface area contributed by atoms with Crippen molar-refractivity contribution in [2.75, 3.05) is 18.1 Å². The molecule has 0 aliphatic rings. The predicted octanol–water partition coefficient (Wildman–Crippen LogP) is 1.91. The number of aryl methyl sites for hydroxylation is 1. The van der Waals surface area contributed by atoms with Gasteiger partial charge in [-0.15, -0.1) is 0 Å². The molecule has 4 N–H and O–H groups in total. The number of hydrogen-bond acceptors (Lipinski definition) is 5. The molecule has 0 aliphatic heterocycles. The molecular weight excluding hydrogens is 355 g/mol. The molecule has 1 radical (unpaired) electrons. The van der Waals surface area contributed by atoms with Crippen LogP contribution in [-0.2, 0) is 6.54 Å². The Labute approximate surface area is 142 Å². The molecule has 7 heteroatoms. The SMILES string of the molecule is CNc1ncnc2c1c(C(=N)[Se])c(N)n2Cc1ccc(C)cc1. The standard InChI is InChI=1S/C16H17N6Se/c1-9-3-5-10(6-4-9)7-22-13(17)11(14(18)23)12-15(19-2)20-8-21-16(12)22/h3-6,8,18H,7,17H2,1-2H3,(H,19,20,21). The molecule has 0 saturated heterocycles. The summed E-state index contributed by atoms with van der Waals surface area (Å²) in [4.78, 5) is 8.63. The molecule has 1 aromatic carbocycles. The second kappa shape index (κ2) is 6.02. The Bertz CT molecular complexity index is 882. The van der Waals surface area contributed by atoms with Crippen molar-refractivity contribution in [1.82, 2.24) is 14.5 Å². The number of rotatable bonds is 4. The van der Waals surface area contributed by atoms with Gasteiger partial charge in [-0.2, -0.15) is 0 Å². The fraction of sp³-hybridized carbons (Fsp3) is 0.188. The van der Waals surface area contributed by atoms with Crippen molar-refractivity contribution < 1.29 is 0 Å². The summed E-state index contributed by atoms with van der Waals surface area (Å²) in [5, 5.41) is 11.8. The van der Waals surface area contributed by atoms with Crippen molar-refractivity contribution in [3.63, 3.8) is 0 Å². The van der Waals surface area contributed by atoms with Crippen LogP contribution in [0.1, 0.15) is 16.7 Å². The molecule has 117 valence electrons. The average Bonchev–Trinajstić information content (AvgIpc) is 2.82. The zero-order valence-corrected chi connectivity index (χ0v) is 14.6. The molecule has 0 bridgehead atoms. The summed E-state index contributed by atoms with van der Waals surface area (Å²) in [7, 11) is 1.79. The van der Waals surface area contributed by atoms with Crippen molar-refractivity contribution >= 4 is 43.3 Å². The van der Waals surface area contributed by atoms with E-state index in [1.807, 2.05) is 4.57 Å². The number of fused-ring (bicyclic) bond motifs is 1. The van der Waals surface area contributed by atoms with E-state index >= 15 is 0 Å². The molecule has 0 amide bonds. The van der Waals surface area contributed by atoms with Gasteiger partial charge in [0.05, 0.1) is 0 Å². The molecule has 0 unspecified atom stereocenters. The van der Waals surface area contributed by atoms with Gasteiger partial charge in [0.2, 0.25) is 0 Å². The maximum atomic E-state index is 8.02. The third-order valence-electron chi connectivity index (χ3n) is 3.81. The van der Waals surface area contributed by atoms with Crippen LogP contribution in [0.2, 0.25) is 0 Å². The molecule has 0 aliphatic carbocycles. The van der Waals surface area contributed by atoms with Crippen molar-refractivity contribution in [3.05, 3.63) is 47.3 Å². The van der Waals surface area contributed by atoms with Gasteiger partial charge in [0.1, 0.15) is 0 Å². The fourth-order valence-electron chi connectivity index (χ4n) is 2.64. The van der Waals surface area contributed by atoms with Crippen LogP contribution in [0.5, 0.6) is 0 Å². The van der Waals surface area contributed by atoms with Crippen LogP contribution >= 0.6 is 0 Å². The monoisotopic (exact) mass is 373 g/mol. The van der Waals surface area contributed by atoms with Crippen molar-refractivity contribution in [1.29, 1.82) is 5.41 Å². The normalized spacial score (nSPS) is 10.9. The molecule has 2 aromatic heterocycles. The zero-order valence-electron chi connectivity index (χ0n) is 12.9. The number of aromatic nitrogens is 3. The van der Waals surface area contributed by atoms with Crippen LogP contribution in [0, 0.1) is 12.3 Å². The number of nitrogen functional groups attached to an aromatic ring is 1. The van der Waals surface area contributed by atoms with Crippen molar-refractivity contribution in [3.8, 4) is 0 Å². The molecule has 3 aromatic rings. The molecule has 0 atom stereocenters.